The van der Waals surface area contributed by atoms with E-state index < -0.39 is 17.8 Å². The number of carbonyl (C=O) groups is 1. The molecule has 1 amide bonds. The van der Waals surface area contributed by atoms with Crippen LogP contribution in [0.25, 0.3) is 0 Å². The summed E-state index contributed by atoms with van der Waals surface area (Å²) in [5.41, 5.74) is 0.998. The molecule has 0 aliphatic heterocycles. The second-order valence-electron chi connectivity index (χ2n) is 6.43. The highest BCUT2D eigenvalue weighted by Gasteiger charge is 2.34. The van der Waals surface area contributed by atoms with Gasteiger partial charge < -0.3 is 15.0 Å². The number of anilines is 3. The normalized spacial score (nSPS) is 11.1. The van der Waals surface area contributed by atoms with Crippen LogP contribution >= 0.6 is 0 Å². The Bertz CT molecular complexity index is 790. The monoisotopic (exact) mass is 395 g/mol. The average molecular weight is 395 g/mol. The van der Waals surface area contributed by atoms with E-state index in [0.717, 1.165) is 17.3 Å². The summed E-state index contributed by atoms with van der Waals surface area (Å²) < 4.78 is 45.0. The first-order valence-corrected chi connectivity index (χ1v) is 8.86. The fourth-order valence-corrected chi connectivity index (χ4v) is 2.45. The minimum absolute atomic E-state index is 0.138. The Morgan fingerprint density at radius 1 is 1.11 bits per heavy atom. The van der Waals surface area contributed by atoms with E-state index >= 15 is 0 Å². The number of nitrogens with zero attached hydrogens (tertiary/aromatic N) is 1. The molecule has 8 heteroatoms. The molecule has 0 saturated carbocycles. The van der Waals surface area contributed by atoms with Crippen LogP contribution in [0.5, 0.6) is 0 Å². The van der Waals surface area contributed by atoms with E-state index in [9.17, 15) is 18.0 Å². The number of benzene rings is 2. The zero-order valence-corrected chi connectivity index (χ0v) is 16.1. The number of hydrogen-bond acceptors (Lipinski definition) is 4. The van der Waals surface area contributed by atoms with Gasteiger partial charge in [-0.2, -0.15) is 13.2 Å². The number of carbonyl (C=O) groups excluding carboxylic acids is 1. The fourth-order valence-electron chi connectivity index (χ4n) is 2.45. The van der Waals surface area contributed by atoms with Gasteiger partial charge in [-0.15, -0.1) is 0 Å². The zero-order chi connectivity index (χ0) is 20.7. The van der Waals surface area contributed by atoms with E-state index in [1.807, 2.05) is 43.3 Å². The lowest BCUT2D eigenvalue weighted by Gasteiger charge is -2.16. The number of nitrogens with one attached hydrogen (secondary N) is 2. The molecule has 2 aromatic carbocycles. The molecule has 0 unspecified atom stereocenters. The molecule has 0 aliphatic rings. The van der Waals surface area contributed by atoms with E-state index in [1.165, 1.54) is 12.1 Å². The topological polar surface area (TPSA) is 53.6 Å². The summed E-state index contributed by atoms with van der Waals surface area (Å²) in [6.45, 7) is 2.30. The molecule has 0 aliphatic carbocycles. The van der Waals surface area contributed by atoms with Gasteiger partial charge in [-0.25, -0.2) is 4.79 Å². The standard InChI is InChI=1S/C20H24F3N3O2/c1-4-11-28-19(27)25-18-10-7-15(12-17(18)20(21,22)23)24-13-14-5-8-16(9-6-14)26(2)3/h5-10,12,24H,4,11,13H2,1-3H3,(H,25,27). The molecule has 0 saturated heterocycles. The van der Waals surface area contributed by atoms with Crippen molar-refractivity contribution in [3.05, 3.63) is 53.6 Å². The first-order chi connectivity index (χ1) is 13.2. The summed E-state index contributed by atoms with van der Waals surface area (Å²) in [6, 6.07) is 11.4. The Kier molecular flexibility index (Phi) is 7.14. The average Bonchev–Trinajstić information content (AvgIpc) is 2.65. The van der Waals surface area contributed by atoms with Gasteiger partial charge in [0, 0.05) is 32.0 Å². The smallest absolute Gasteiger partial charge is 0.418 e. The van der Waals surface area contributed by atoms with Crippen molar-refractivity contribution in [2.24, 2.45) is 0 Å². The molecule has 5 nitrogen and oxygen atoms in total. The molecule has 0 heterocycles. The predicted octanol–water partition coefficient (Wildman–Crippen LogP) is 5.34. The van der Waals surface area contributed by atoms with Gasteiger partial charge >= 0.3 is 12.3 Å². The van der Waals surface area contributed by atoms with E-state index in [0.29, 0.717) is 18.7 Å². The van der Waals surface area contributed by atoms with Gasteiger partial charge in [-0.05, 0) is 42.3 Å². The van der Waals surface area contributed by atoms with Crippen molar-refractivity contribution < 1.29 is 22.7 Å². The molecular weight excluding hydrogens is 371 g/mol. The van der Waals surface area contributed by atoms with Crippen LogP contribution in [-0.2, 0) is 17.5 Å². The first-order valence-electron chi connectivity index (χ1n) is 8.86. The second kappa shape index (κ2) is 9.34. The lowest BCUT2D eigenvalue weighted by molar-refractivity contribution is -0.136. The van der Waals surface area contributed by atoms with Gasteiger partial charge in [0.15, 0.2) is 0 Å². The number of ether oxygens (including phenoxy) is 1. The molecule has 0 atom stereocenters. The first kappa shape index (κ1) is 21.4. The summed E-state index contributed by atoms with van der Waals surface area (Å²) >= 11 is 0. The van der Waals surface area contributed by atoms with Crippen LogP contribution in [0, 0.1) is 0 Å². The van der Waals surface area contributed by atoms with E-state index in [4.69, 9.17) is 4.74 Å². The third-order valence-electron chi connectivity index (χ3n) is 3.95. The van der Waals surface area contributed by atoms with Crippen LogP contribution in [0.1, 0.15) is 24.5 Å². The van der Waals surface area contributed by atoms with Crippen LogP contribution in [-0.4, -0.2) is 26.8 Å². The highest BCUT2D eigenvalue weighted by Crippen LogP contribution is 2.36. The Morgan fingerprint density at radius 2 is 1.79 bits per heavy atom. The lowest BCUT2D eigenvalue weighted by Crippen LogP contribution is -2.18. The Balaban J connectivity index is 2.11. The maximum atomic E-state index is 13.4. The van der Waals surface area contributed by atoms with E-state index in [-0.39, 0.29) is 12.3 Å². The SMILES string of the molecule is CCCOC(=O)Nc1ccc(NCc2ccc(N(C)C)cc2)cc1C(F)(F)F. The summed E-state index contributed by atoms with van der Waals surface area (Å²) in [6.07, 6.45) is -4.94. The van der Waals surface area contributed by atoms with E-state index in [1.54, 1.807) is 6.92 Å². The van der Waals surface area contributed by atoms with Crippen LogP contribution in [0.15, 0.2) is 42.5 Å². The Labute approximate surface area is 162 Å². The third kappa shape index (κ3) is 6.07. The second-order valence-corrected chi connectivity index (χ2v) is 6.43. The molecule has 2 rings (SSSR count). The molecule has 0 aromatic heterocycles. The van der Waals surface area contributed by atoms with Gasteiger partial charge in [0.1, 0.15) is 0 Å². The summed E-state index contributed by atoms with van der Waals surface area (Å²) in [5.74, 6) is 0. The molecule has 0 fully saturated rings. The Morgan fingerprint density at radius 3 is 2.36 bits per heavy atom. The Hall–Kier alpha value is -2.90. The maximum Gasteiger partial charge on any atom is 0.418 e. The number of halogens is 3. The van der Waals surface area contributed by atoms with Gasteiger partial charge in [0.2, 0.25) is 0 Å². The highest BCUT2D eigenvalue weighted by molar-refractivity contribution is 5.86. The van der Waals surface area contributed by atoms with Crippen molar-refractivity contribution >= 4 is 23.2 Å². The number of rotatable bonds is 7. The minimum Gasteiger partial charge on any atom is -0.449 e. The highest BCUT2D eigenvalue weighted by atomic mass is 19.4. The largest absolute Gasteiger partial charge is 0.449 e. The molecule has 152 valence electrons. The summed E-state index contributed by atoms with van der Waals surface area (Å²) in [5, 5.41) is 5.14. The molecule has 2 aromatic rings. The van der Waals surface area contributed by atoms with E-state index in [2.05, 4.69) is 10.6 Å². The van der Waals surface area contributed by atoms with Gasteiger partial charge in [-0.1, -0.05) is 19.1 Å². The molecule has 28 heavy (non-hydrogen) atoms. The minimum atomic E-state index is -4.61. The number of alkyl halides is 3. The van der Waals surface area contributed by atoms with Gasteiger partial charge in [-0.3, -0.25) is 5.32 Å². The quantitative estimate of drug-likeness (QED) is 0.664. The summed E-state index contributed by atoms with van der Waals surface area (Å²) in [7, 11) is 3.86. The van der Waals surface area contributed by atoms with Crippen LogP contribution in [0.3, 0.4) is 0 Å². The van der Waals surface area contributed by atoms with Gasteiger partial charge in [0.05, 0.1) is 17.9 Å². The number of amides is 1. The maximum absolute atomic E-state index is 13.4. The molecule has 2 N–H and O–H groups in total. The zero-order valence-electron chi connectivity index (χ0n) is 16.1. The third-order valence-corrected chi connectivity index (χ3v) is 3.95. The van der Waals surface area contributed by atoms with Crippen LogP contribution < -0.4 is 15.5 Å². The predicted molar refractivity (Wildman–Crippen MR) is 105 cm³/mol. The molecular formula is C20H24F3N3O2. The van der Waals surface area contributed by atoms with Crippen molar-refractivity contribution in [2.75, 3.05) is 36.2 Å². The fraction of sp³-hybridized carbons (Fsp3) is 0.350. The van der Waals surface area contributed by atoms with Crippen molar-refractivity contribution in [1.82, 2.24) is 0 Å². The van der Waals surface area contributed by atoms with Crippen LogP contribution in [0.2, 0.25) is 0 Å². The molecule has 0 spiro atoms. The number of hydrogen-bond donors (Lipinski definition) is 2. The van der Waals surface area contributed by atoms with Gasteiger partial charge in [0.25, 0.3) is 0 Å². The molecule has 0 bridgehead atoms. The molecule has 0 radical (unpaired) electrons. The van der Waals surface area contributed by atoms with Crippen molar-refractivity contribution in [3.63, 3.8) is 0 Å². The summed E-state index contributed by atoms with van der Waals surface area (Å²) in [4.78, 5) is 13.6. The lowest BCUT2D eigenvalue weighted by atomic mass is 10.1. The van der Waals surface area contributed by atoms with Crippen LogP contribution in [0.4, 0.5) is 35.0 Å². The van der Waals surface area contributed by atoms with Crippen molar-refractivity contribution in [2.45, 2.75) is 26.1 Å². The van der Waals surface area contributed by atoms with Crippen molar-refractivity contribution in [1.29, 1.82) is 0 Å². The van der Waals surface area contributed by atoms with Crippen molar-refractivity contribution in [3.8, 4) is 0 Å².